The number of nitrogens with zero attached hydrogens (tertiary/aromatic N) is 1. The zero-order valence-corrected chi connectivity index (χ0v) is 9.62. The van der Waals surface area contributed by atoms with Gasteiger partial charge in [0.15, 0.2) is 0 Å². The normalized spacial score (nSPS) is 10.5. The van der Waals surface area contributed by atoms with E-state index in [4.69, 9.17) is 11.6 Å². The number of hydrogen-bond acceptors (Lipinski definition) is 2. The molecule has 1 aromatic heterocycles. The van der Waals surface area contributed by atoms with Gasteiger partial charge in [0.2, 0.25) is 0 Å². The molecule has 2 rings (SSSR count). The fourth-order valence-corrected chi connectivity index (χ4v) is 2.48. The zero-order valence-electron chi connectivity index (χ0n) is 8.04. The Kier molecular flexibility index (Phi) is 2.57. The molecular weight excluding hydrogens is 214 g/mol. The maximum absolute atomic E-state index is 5.79. The van der Waals surface area contributed by atoms with E-state index < -0.39 is 0 Å². The Morgan fingerprint density at radius 3 is 2.57 bits per heavy atom. The smallest absolute Gasteiger partial charge is 0.143 e. The summed E-state index contributed by atoms with van der Waals surface area (Å²) >= 11 is 7.23. The lowest BCUT2D eigenvalue weighted by atomic mass is 10.0. The standard InChI is InChI=1S/C11H10ClNS/c1-7-3-4-9(8(2)5-7)10-6-11(12)13-14-10/h3-6H,1-2H3. The molecule has 0 radical (unpaired) electrons. The molecule has 1 nitrogen and oxygen atoms in total. The van der Waals surface area contributed by atoms with Crippen molar-refractivity contribution in [2.75, 3.05) is 0 Å². The lowest BCUT2D eigenvalue weighted by molar-refractivity contribution is 1.39. The number of rotatable bonds is 1. The number of aromatic nitrogens is 1. The van der Waals surface area contributed by atoms with Crippen LogP contribution in [0.4, 0.5) is 0 Å². The minimum atomic E-state index is 0.574. The predicted molar refractivity (Wildman–Crippen MR) is 62.0 cm³/mol. The summed E-state index contributed by atoms with van der Waals surface area (Å²) in [4.78, 5) is 1.13. The first-order valence-corrected chi connectivity index (χ1v) is 5.52. The molecule has 0 amide bonds. The quantitative estimate of drug-likeness (QED) is 0.710. The number of hydrogen-bond donors (Lipinski definition) is 0. The van der Waals surface area contributed by atoms with Crippen LogP contribution in [0.3, 0.4) is 0 Å². The van der Waals surface area contributed by atoms with Gasteiger partial charge < -0.3 is 0 Å². The van der Waals surface area contributed by atoms with Crippen molar-refractivity contribution in [1.82, 2.24) is 4.37 Å². The molecule has 1 aromatic carbocycles. The summed E-state index contributed by atoms with van der Waals surface area (Å²) in [5.74, 6) is 0. The molecule has 0 saturated heterocycles. The fraction of sp³-hybridized carbons (Fsp3) is 0.182. The van der Waals surface area contributed by atoms with Crippen molar-refractivity contribution < 1.29 is 0 Å². The van der Waals surface area contributed by atoms with Crippen LogP contribution in [-0.4, -0.2) is 4.37 Å². The van der Waals surface area contributed by atoms with Crippen molar-refractivity contribution in [3.8, 4) is 10.4 Å². The Morgan fingerprint density at radius 1 is 1.21 bits per heavy atom. The van der Waals surface area contributed by atoms with Crippen LogP contribution in [0.15, 0.2) is 24.3 Å². The van der Waals surface area contributed by atoms with Gasteiger partial charge in [-0.05, 0) is 42.6 Å². The highest BCUT2D eigenvalue weighted by Crippen LogP contribution is 2.29. The molecule has 0 N–H and O–H groups in total. The van der Waals surface area contributed by atoms with Gasteiger partial charge in [0.05, 0.1) is 4.88 Å². The van der Waals surface area contributed by atoms with E-state index in [-0.39, 0.29) is 0 Å². The van der Waals surface area contributed by atoms with Crippen molar-refractivity contribution in [2.45, 2.75) is 13.8 Å². The van der Waals surface area contributed by atoms with Crippen LogP contribution in [0, 0.1) is 13.8 Å². The second-order valence-corrected chi connectivity index (χ2v) is 4.52. The van der Waals surface area contributed by atoms with Crippen LogP contribution >= 0.6 is 23.1 Å². The minimum Gasteiger partial charge on any atom is -0.180 e. The average molecular weight is 224 g/mol. The van der Waals surface area contributed by atoms with E-state index in [0.717, 1.165) is 4.88 Å². The third-order valence-electron chi connectivity index (χ3n) is 2.13. The van der Waals surface area contributed by atoms with Gasteiger partial charge in [-0.3, -0.25) is 0 Å². The van der Waals surface area contributed by atoms with Gasteiger partial charge in [0.1, 0.15) is 5.15 Å². The molecule has 0 fully saturated rings. The van der Waals surface area contributed by atoms with Crippen molar-refractivity contribution in [1.29, 1.82) is 0 Å². The fourth-order valence-electron chi connectivity index (χ4n) is 1.47. The highest BCUT2D eigenvalue weighted by atomic mass is 35.5. The van der Waals surface area contributed by atoms with Crippen LogP contribution in [0.1, 0.15) is 11.1 Å². The Bertz CT molecular complexity index is 462. The molecule has 0 spiro atoms. The SMILES string of the molecule is Cc1ccc(-c2cc(Cl)ns2)c(C)c1. The summed E-state index contributed by atoms with van der Waals surface area (Å²) in [6.07, 6.45) is 0. The van der Waals surface area contributed by atoms with Gasteiger partial charge in [0.25, 0.3) is 0 Å². The summed E-state index contributed by atoms with van der Waals surface area (Å²) in [5, 5.41) is 0.574. The van der Waals surface area contributed by atoms with E-state index >= 15 is 0 Å². The van der Waals surface area contributed by atoms with Crippen molar-refractivity contribution in [3.63, 3.8) is 0 Å². The van der Waals surface area contributed by atoms with Gasteiger partial charge in [0, 0.05) is 0 Å². The Balaban J connectivity index is 2.52. The van der Waals surface area contributed by atoms with Gasteiger partial charge in [-0.25, -0.2) is 0 Å². The van der Waals surface area contributed by atoms with E-state index in [2.05, 4.69) is 36.4 Å². The summed E-state index contributed by atoms with van der Waals surface area (Å²) in [6.45, 7) is 4.20. The minimum absolute atomic E-state index is 0.574. The lowest BCUT2D eigenvalue weighted by Gasteiger charge is -2.02. The van der Waals surface area contributed by atoms with Crippen LogP contribution in [0.5, 0.6) is 0 Å². The largest absolute Gasteiger partial charge is 0.180 e. The molecule has 3 heteroatoms. The summed E-state index contributed by atoms with van der Waals surface area (Å²) in [6, 6.07) is 8.30. The van der Waals surface area contributed by atoms with Crippen LogP contribution in [0.25, 0.3) is 10.4 Å². The van der Waals surface area contributed by atoms with Gasteiger partial charge in [-0.2, -0.15) is 4.37 Å². The van der Waals surface area contributed by atoms with E-state index in [1.165, 1.54) is 28.2 Å². The maximum atomic E-state index is 5.79. The molecular formula is C11H10ClNS. The predicted octanol–water partition coefficient (Wildman–Crippen LogP) is 4.08. The molecule has 0 unspecified atom stereocenters. The Labute approximate surface area is 92.5 Å². The average Bonchev–Trinajstić information content (AvgIpc) is 2.51. The molecule has 1 heterocycles. The Hall–Kier alpha value is -0.860. The molecule has 0 aliphatic carbocycles. The molecule has 0 atom stereocenters. The van der Waals surface area contributed by atoms with Gasteiger partial charge in [-0.15, -0.1) is 0 Å². The van der Waals surface area contributed by atoms with E-state index in [1.54, 1.807) is 0 Å². The van der Waals surface area contributed by atoms with Crippen molar-refractivity contribution in [2.24, 2.45) is 0 Å². The third-order valence-corrected chi connectivity index (χ3v) is 3.25. The molecule has 72 valence electrons. The summed E-state index contributed by atoms with van der Waals surface area (Å²) in [5.41, 5.74) is 3.77. The van der Waals surface area contributed by atoms with Gasteiger partial charge >= 0.3 is 0 Å². The van der Waals surface area contributed by atoms with E-state index in [1.807, 2.05) is 6.07 Å². The second-order valence-electron chi connectivity index (χ2n) is 3.33. The first-order chi connectivity index (χ1) is 6.66. The lowest BCUT2D eigenvalue weighted by Crippen LogP contribution is -1.81. The van der Waals surface area contributed by atoms with Crippen LogP contribution in [-0.2, 0) is 0 Å². The topological polar surface area (TPSA) is 12.9 Å². The molecule has 0 aliphatic heterocycles. The van der Waals surface area contributed by atoms with Gasteiger partial charge in [-0.1, -0.05) is 35.4 Å². The number of benzene rings is 1. The van der Waals surface area contributed by atoms with Crippen LogP contribution < -0.4 is 0 Å². The molecule has 0 aliphatic rings. The van der Waals surface area contributed by atoms with Crippen LogP contribution in [0.2, 0.25) is 5.15 Å². The molecule has 14 heavy (non-hydrogen) atoms. The second kappa shape index (κ2) is 3.71. The van der Waals surface area contributed by atoms with E-state index in [0.29, 0.717) is 5.15 Å². The first-order valence-electron chi connectivity index (χ1n) is 4.36. The first kappa shape index (κ1) is 9.69. The highest BCUT2D eigenvalue weighted by Gasteiger charge is 2.05. The Morgan fingerprint density at radius 2 is 2.00 bits per heavy atom. The highest BCUT2D eigenvalue weighted by molar-refractivity contribution is 7.09. The summed E-state index contributed by atoms with van der Waals surface area (Å²) < 4.78 is 4.06. The molecule has 0 saturated carbocycles. The van der Waals surface area contributed by atoms with Crippen molar-refractivity contribution >= 4 is 23.1 Å². The number of halogens is 1. The summed E-state index contributed by atoms with van der Waals surface area (Å²) in [7, 11) is 0. The monoisotopic (exact) mass is 223 g/mol. The molecule has 0 bridgehead atoms. The van der Waals surface area contributed by atoms with Crippen molar-refractivity contribution in [3.05, 3.63) is 40.5 Å². The number of aryl methyl sites for hydroxylation is 2. The maximum Gasteiger partial charge on any atom is 0.143 e. The molecule has 2 aromatic rings. The van der Waals surface area contributed by atoms with E-state index in [9.17, 15) is 0 Å². The third kappa shape index (κ3) is 1.81. The zero-order chi connectivity index (χ0) is 10.1.